The molecule has 0 N–H and O–H groups in total. The van der Waals surface area contributed by atoms with Crippen LogP contribution in [0.15, 0.2) is 39.9 Å². The molecule has 3 aromatic heterocycles. The van der Waals surface area contributed by atoms with Gasteiger partial charge in [0.25, 0.3) is 11.5 Å². The number of hydrogen-bond donors (Lipinski definition) is 0. The SMILES string of the molecule is Cc1noc(CC2CCN(C(=O)c3cnc4ccccn4c3=O)CC2)n1. The molecule has 0 saturated carbocycles. The molecule has 0 aromatic carbocycles. The zero-order chi connectivity index (χ0) is 18.1. The summed E-state index contributed by atoms with van der Waals surface area (Å²) in [6, 6.07) is 5.29. The second-order valence-electron chi connectivity index (χ2n) is 6.58. The normalized spacial score (nSPS) is 15.5. The van der Waals surface area contributed by atoms with Gasteiger partial charge in [-0.25, -0.2) is 4.98 Å². The lowest BCUT2D eigenvalue weighted by Gasteiger charge is -2.31. The molecule has 4 rings (SSSR count). The fraction of sp³-hybridized carbons (Fsp3) is 0.389. The smallest absolute Gasteiger partial charge is 0.270 e. The summed E-state index contributed by atoms with van der Waals surface area (Å²) in [5.74, 6) is 1.42. The highest BCUT2D eigenvalue weighted by molar-refractivity contribution is 5.93. The van der Waals surface area contributed by atoms with Crippen LogP contribution in [0.25, 0.3) is 5.65 Å². The molecule has 1 aliphatic rings. The molecule has 4 heterocycles. The third kappa shape index (κ3) is 3.10. The van der Waals surface area contributed by atoms with Crippen molar-refractivity contribution in [1.29, 1.82) is 0 Å². The van der Waals surface area contributed by atoms with E-state index in [1.165, 1.54) is 10.6 Å². The molecule has 0 radical (unpaired) electrons. The minimum absolute atomic E-state index is 0.111. The Bertz CT molecular complexity index is 1000. The Kier molecular flexibility index (Phi) is 4.24. The van der Waals surface area contributed by atoms with Gasteiger partial charge >= 0.3 is 0 Å². The van der Waals surface area contributed by atoms with Crippen LogP contribution >= 0.6 is 0 Å². The Morgan fingerprint density at radius 1 is 1.31 bits per heavy atom. The van der Waals surface area contributed by atoms with Gasteiger partial charge in [-0.3, -0.25) is 14.0 Å². The summed E-state index contributed by atoms with van der Waals surface area (Å²) < 4.78 is 6.57. The molecular formula is C18H19N5O3. The van der Waals surface area contributed by atoms with Crippen LogP contribution in [0.2, 0.25) is 0 Å². The van der Waals surface area contributed by atoms with Crippen molar-refractivity contribution in [3.05, 3.63) is 58.2 Å². The van der Waals surface area contributed by atoms with Gasteiger partial charge in [-0.2, -0.15) is 4.98 Å². The number of aryl methyl sites for hydroxylation is 1. The number of carbonyl (C=O) groups excluding carboxylic acids is 1. The van der Waals surface area contributed by atoms with Crippen molar-refractivity contribution in [3.8, 4) is 0 Å². The van der Waals surface area contributed by atoms with E-state index in [0.717, 1.165) is 19.3 Å². The van der Waals surface area contributed by atoms with Crippen LogP contribution in [0.3, 0.4) is 0 Å². The quantitative estimate of drug-likeness (QED) is 0.708. The summed E-state index contributed by atoms with van der Waals surface area (Å²) in [5.41, 5.74) is 0.311. The summed E-state index contributed by atoms with van der Waals surface area (Å²) in [5, 5.41) is 3.80. The van der Waals surface area contributed by atoms with Crippen molar-refractivity contribution >= 4 is 11.6 Å². The Balaban J connectivity index is 1.45. The first-order valence-electron chi connectivity index (χ1n) is 8.66. The highest BCUT2D eigenvalue weighted by Gasteiger charge is 2.26. The van der Waals surface area contributed by atoms with Crippen LogP contribution in [0.5, 0.6) is 0 Å². The van der Waals surface area contributed by atoms with Gasteiger partial charge in [0, 0.05) is 31.9 Å². The van der Waals surface area contributed by atoms with Crippen LogP contribution in [-0.2, 0) is 6.42 Å². The van der Waals surface area contributed by atoms with Crippen LogP contribution in [0, 0.1) is 12.8 Å². The maximum absolute atomic E-state index is 12.8. The van der Waals surface area contributed by atoms with Crippen molar-refractivity contribution in [3.63, 3.8) is 0 Å². The molecule has 134 valence electrons. The first-order chi connectivity index (χ1) is 12.6. The summed E-state index contributed by atoms with van der Waals surface area (Å²) >= 11 is 0. The molecule has 0 unspecified atom stereocenters. The number of fused-ring (bicyclic) bond motifs is 1. The van der Waals surface area contributed by atoms with E-state index in [1.807, 2.05) is 0 Å². The number of amides is 1. The average Bonchev–Trinajstić information content (AvgIpc) is 3.07. The largest absolute Gasteiger partial charge is 0.339 e. The van der Waals surface area contributed by atoms with E-state index in [0.29, 0.717) is 36.4 Å². The lowest BCUT2D eigenvalue weighted by Crippen LogP contribution is -2.41. The van der Waals surface area contributed by atoms with Gasteiger partial charge in [-0.1, -0.05) is 11.2 Å². The van der Waals surface area contributed by atoms with Gasteiger partial charge in [0.05, 0.1) is 0 Å². The lowest BCUT2D eigenvalue weighted by atomic mass is 9.93. The Morgan fingerprint density at radius 3 is 2.85 bits per heavy atom. The molecule has 3 aromatic rings. The van der Waals surface area contributed by atoms with Gasteiger partial charge < -0.3 is 9.42 Å². The van der Waals surface area contributed by atoms with Gasteiger partial charge in [-0.15, -0.1) is 0 Å². The molecule has 0 aliphatic carbocycles. The molecule has 26 heavy (non-hydrogen) atoms. The van der Waals surface area contributed by atoms with Gasteiger partial charge in [0.1, 0.15) is 11.2 Å². The van der Waals surface area contributed by atoms with Gasteiger partial charge in [-0.05, 0) is 37.8 Å². The molecule has 1 amide bonds. The van der Waals surface area contributed by atoms with Crippen LogP contribution < -0.4 is 5.56 Å². The zero-order valence-corrected chi connectivity index (χ0v) is 14.5. The van der Waals surface area contributed by atoms with E-state index >= 15 is 0 Å². The third-order valence-corrected chi connectivity index (χ3v) is 4.78. The van der Waals surface area contributed by atoms with E-state index in [2.05, 4.69) is 15.1 Å². The Hall–Kier alpha value is -3.03. The molecule has 8 nitrogen and oxygen atoms in total. The summed E-state index contributed by atoms with van der Waals surface area (Å²) in [7, 11) is 0. The average molecular weight is 353 g/mol. The number of aromatic nitrogens is 4. The second kappa shape index (κ2) is 6.70. The summed E-state index contributed by atoms with van der Waals surface area (Å²) in [6.45, 7) is 3.01. The second-order valence-corrected chi connectivity index (χ2v) is 6.58. The lowest BCUT2D eigenvalue weighted by molar-refractivity contribution is 0.0685. The third-order valence-electron chi connectivity index (χ3n) is 4.78. The molecule has 8 heteroatoms. The summed E-state index contributed by atoms with van der Waals surface area (Å²) in [6.07, 6.45) is 5.42. The number of rotatable bonds is 3. The number of pyridine rings is 1. The maximum Gasteiger partial charge on any atom is 0.270 e. The maximum atomic E-state index is 12.8. The molecule has 0 atom stereocenters. The fourth-order valence-corrected chi connectivity index (χ4v) is 3.35. The number of nitrogens with zero attached hydrogens (tertiary/aromatic N) is 5. The predicted molar refractivity (Wildman–Crippen MR) is 92.8 cm³/mol. The van der Waals surface area contributed by atoms with Gasteiger partial charge in [0.2, 0.25) is 5.89 Å². The first kappa shape index (κ1) is 16.4. The molecule has 1 saturated heterocycles. The van der Waals surface area contributed by atoms with Gasteiger partial charge in [0.15, 0.2) is 5.82 Å². The standard InChI is InChI=1S/C18H19N5O3/c1-12-20-16(26-21-12)10-13-5-8-22(9-6-13)17(24)14-11-19-15-4-2-3-7-23(15)18(14)25/h2-4,7,11,13H,5-6,8-10H2,1H3. The van der Waals surface area contributed by atoms with Crippen molar-refractivity contribution in [2.75, 3.05) is 13.1 Å². The van der Waals surface area contributed by atoms with E-state index < -0.39 is 0 Å². The predicted octanol–water partition coefficient (Wildman–Crippen LogP) is 1.48. The highest BCUT2D eigenvalue weighted by Crippen LogP contribution is 2.22. The minimum Gasteiger partial charge on any atom is -0.339 e. The Labute approximate surface area is 149 Å². The van der Waals surface area contributed by atoms with E-state index in [4.69, 9.17) is 4.52 Å². The highest BCUT2D eigenvalue weighted by atomic mass is 16.5. The van der Waals surface area contributed by atoms with E-state index in [1.54, 1.807) is 36.2 Å². The van der Waals surface area contributed by atoms with E-state index in [9.17, 15) is 9.59 Å². The van der Waals surface area contributed by atoms with Crippen LogP contribution in [-0.4, -0.2) is 43.4 Å². The molecule has 0 bridgehead atoms. The number of hydrogen-bond acceptors (Lipinski definition) is 6. The minimum atomic E-state index is -0.330. The molecule has 1 fully saturated rings. The van der Waals surface area contributed by atoms with Crippen LogP contribution in [0.1, 0.15) is 34.9 Å². The van der Waals surface area contributed by atoms with Crippen molar-refractivity contribution < 1.29 is 9.32 Å². The summed E-state index contributed by atoms with van der Waals surface area (Å²) in [4.78, 5) is 35.5. The van der Waals surface area contributed by atoms with Crippen molar-refractivity contribution in [2.45, 2.75) is 26.2 Å². The molecule has 1 aliphatic heterocycles. The van der Waals surface area contributed by atoms with Crippen LogP contribution in [0.4, 0.5) is 0 Å². The molecule has 0 spiro atoms. The number of carbonyl (C=O) groups is 1. The number of piperidine rings is 1. The Morgan fingerprint density at radius 2 is 2.12 bits per heavy atom. The van der Waals surface area contributed by atoms with Crippen molar-refractivity contribution in [1.82, 2.24) is 24.4 Å². The first-order valence-corrected chi connectivity index (χ1v) is 8.66. The fourth-order valence-electron chi connectivity index (χ4n) is 3.35. The monoisotopic (exact) mass is 353 g/mol. The number of likely N-dealkylation sites (tertiary alicyclic amines) is 1. The topological polar surface area (TPSA) is 93.6 Å². The van der Waals surface area contributed by atoms with E-state index in [-0.39, 0.29) is 17.0 Å². The zero-order valence-electron chi connectivity index (χ0n) is 14.5. The molecular weight excluding hydrogens is 334 g/mol. The van der Waals surface area contributed by atoms with Crippen molar-refractivity contribution in [2.24, 2.45) is 5.92 Å².